The molecule has 1 aliphatic rings. The number of likely N-dealkylation sites (tertiary alicyclic amines) is 1. The minimum atomic E-state index is -1.28. The van der Waals surface area contributed by atoms with E-state index in [-0.39, 0.29) is 28.6 Å². The number of hydrogen-bond acceptors (Lipinski definition) is 6. The lowest BCUT2D eigenvalue weighted by molar-refractivity contribution is 0.0693. The van der Waals surface area contributed by atoms with Crippen LogP contribution in [0.3, 0.4) is 0 Å². The number of rotatable bonds is 9. The van der Waals surface area contributed by atoms with Crippen LogP contribution in [0.1, 0.15) is 54.1 Å². The minimum absolute atomic E-state index is 0.0685. The van der Waals surface area contributed by atoms with Crippen LogP contribution in [0.5, 0.6) is 5.88 Å². The number of nitrogens with one attached hydrogen (secondary N) is 2. The Morgan fingerprint density at radius 1 is 1.38 bits per heavy atom. The molecule has 2 heterocycles. The van der Waals surface area contributed by atoms with Crippen molar-refractivity contribution >= 4 is 28.5 Å². The molecule has 174 valence electrons. The minimum Gasteiger partial charge on any atom is -0.477 e. The standard InChI is InChI=1S/C22H29FN4O4S/c1-14-7-8-16(17(23)12-14)13-31-19-18(21(28)29)20(32-26-19)25-22(30)24-9-5-11-27-10-4-3-6-15(27)2/h7-8,12,15H,3-6,9-11,13H2,1-2H3,(H,28,29)(H2,24,25,30). The van der Waals surface area contributed by atoms with Crippen molar-refractivity contribution < 1.29 is 23.8 Å². The Morgan fingerprint density at radius 3 is 2.91 bits per heavy atom. The van der Waals surface area contributed by atoms with E-state index in [0.717, 1.165) is 36.6 Å². The third kappa shape index (κ3) is 6.39. The van der Waals surface area contributed by atoms with E-state index in [4.69, 9.17) is 4.74 Å². The number of carboxylic acids is 1. The average molecular weight is 465 g/mol. The van der Waals surface area contributed by atoms with Gasteiger partial charge in [-0.15, -0.1) is 0 Å². The number of aryl methyl sites for hydroxylation is 1. The topological polar surface area (TPSA) is 104 Å². The number of aromatic nitrogens is 1. The number of benzene rings is 1. The zero-order chi connectivity index (χ0) is 23.1. The van der Waals surface area contributed by atoms with E-state index >= 15 is 0 Å². The van der Waals surface area contributed by atoms with Gasteiger partial charge in [0.25, 0.3) is 0 Å². The molecule has 1 saturated heterocycles. The molecule has 0 saturated carbocycles. The Labute approximate surface area is 190 Å². The normalized spacial score (nSPS) is 16.5. The van der Waals surface area contributed by atoms with Crippen molar-refractivity contribution in [2.75, 3.05) is 25.0 Å². The van der Waals surface area contributed by atoms with E-state index in [2.05, 4.69) is 26.8 Å². The molecule has 0 radical (unpaired) electrons. The van der Waals surface area contributed by atoms with E-state index < -0.39 is 17.8 Å². The number of carbonyl (C=O) groups excluding carboxylic acids is 1. The monoisotopic (exact) mass is 464 g/mol. The molecule has 10 heteroatoms. The molecule has 1 aliphatic heterocycles. The first-order chi connectivity index (χ1) is 15.3. The molecule has 2 amide bonds. The lowest BCUT2D eigenvalue weighted by Gasteiger charge is -2.33. The number of urea groups is 1. The quantitative estimate of drug-likeness (QED) is 0.479. The van der Waals surface area contributed by atoms with Gasteiger partial charge in [0.15, 0.2) is 5.56 Å². The van der Waals surface area contributed by atoms with Gasteiger partial charge in [-0.3, -0.25) is 5.32 Å². The first-order valence-electron chi connectivity index (χ1n) is 10.7. The summed E-state index contributed by atoms with van der Waals surface area (Å²) >= 11 is 0.807. The summed E-state index contributed by atoms with van der Waals surface area (Å²) in [6, 6.07) is 4.76. The van der Waals surface area contributed by atoms with Gasteiger partial charge in [0.05, 0.1) is 0 Å². The third-order valence-corrected chi connectivity index (χ3v) is 6.27. The summed E-state index contributed by atoms with van der Waals surface area (Å²) in [6.45, 7) is 6.31. The maximum Gasteiger partial charge on any atom is 0.344 e. The first-order valence-corrected chi connectivity index (χ1v) is 11.5. The molecule has 2 aromatic rings. The van der Waals surface area contributed by atoms with Gasteiger partial charge in [0.1, 0.15) is 17.4 Å². The fourth-order valence-corrected chi connectivity index (χ4v) is 4.41. The van der Waals surface area contributed by atoms with Gasteiger partial charge in [0.2, 0.25) is 5.88 Å². The Kier molecular flexibility index (Phi) is 8.40. The van der Waals surface area contributed by atoms with Crippen LogP contribution in [0, 0.1) is 12.7 Å². The fraction of sp³-hybridized carbons (Fsp3) is 0.500. The molecule has 0 bridgehead atoms. The molecule has 1 aromatic carbocycles. The summed E-state index contributed by atoms with van der Waals surface area (Å²) in [5.41, 5.74) is 0.809. The molecule has 3 rings (SSSR count). The van der Waals surface area contributed by atoms with Crippen LogP contribution in [0.25, 0.3) is 0 Å². The van der Waals surface area contributed by atoms with Crippen LogP contribution >= 0.6 is 11.5 Å². The summed E-state index contributed by atoms with van der Waals surface area (Å²) in [4.78, 5) is 26.4. The lowest BCUT2D eigenvalue weighted by Crippen LogP contribution is -2.39. The maximum absolute atomic E-state index is 14.0. The first kappa shape index (κ1) is 23.9. The van der Waals surface area contributed by atoms with Crippen molar-refractivity contribution in [1.82, 2.24) is 14.6 Å². The number of nitrogens with zero attached hydrogens (tertiary/aromatic N) is 2. The number of amides is 2. The molecule has 32 heavy (non-hydrogen) atoms. The predicted molar refractivity (Wildman–Crippen MR) is 121 cm³/mol. The highest BCUT2D eigenvalue weighted by molar-refractivity contribution is 7.11. The lowest BCUT2D eigenvalue weighted by atomic mass is 10.0. The van der Waals surface area contributed by atoms with Gasteiger partial charge in [-0.25, -0.2) is 14.0 Å². The molecule has 1 atom stereocenters. The number of ether oxygens (including phenoxy) is 1. The van der Waals surface area contributed by atoms with Crippen molar-refractivity contribution in [3.63, 3.8) is 0 Å². The van der Waals surface area contributed by atoms with Crippen molar-refractivity contribution in [3.05, 3.63) is 40.7 Å². The van der Waals surface area contributed by atoms with Gasteiger partial charge in [0, 0.05) is 24.7 Å². The molecule has 0 aliphatic carbocycles. The van der Waals surface area contributed by atoms with E-state index in [1.165, 1.54) is 25.3 Å². The second-order valence-corrected chi connectivity index (χ2v) is 8.77. The number of halogens is 1. The van der Waals surface area contributed by atoms with Crippen LogP contribution in [0.4, 0.5) is 14.2 Å². The predicted octanol–water partition coefficient (Wildman–Crippen LogP) is 4.25. The summed E-state index contributed by atoms with van der Waals surface area (Å²) in [6.07, 6.45) is 4.49. The van der Waals surface area contributed by atoms with Crippen molar-refractivity contribution in [1.29, 1.82) is 0 Å². The molecule has 1 aromatic heterocycles. The molecule has 8 nitrogen and oxygen atoms in total. The number of aromatic carboxylic acids is 1. The second-order valence-electron chi connectivity index (χ2n) is 8.00. The molecule has 1 fully saturated rings. The van der Waals surface area contributed by atoms with Crippen LogP contribution in [-0.2, 0) is 6.61 Å². The molecular formula is C22H29FN4O4S. The average Bonchev–Trinajstić information content (AvgIpc) is 3.14. The smallest absolute Gasteiger partial charge is 0.344 e. The molecule has 3 N–H and O–H groups in total. The largest absolute Gasteiger partial charge is 0.477 e. The van der Waals surface area contributed by atoms with Gasteiger partial charge in [-0.05, 0) is 62.8 Å². The summed E-state index contributed by atoms with van der Waals surface area (Å²) in [5.74, 6) is -1.88. The summed E-state index contributed by atoms with van der Waals surface area (Å²) in [5, 5.41) is 14.9. The van der Waals surface area contributed by atoms with E-state index in [9.17, 15) is 19.1 Å². The van der Waals surface area contributed by atoms with E-state index in [1.54, 1.807) is 19.1 Å². The van der Waals surface area contributed by atoms with Gasteiger partial charge < -0.3 is 20.1 Å². The maximum atomic E-state index is 14.0. The van der Waals surface area contributed by atoms with Crippen LogP contribution in [-0.4, -0.2) is 52.1 Å². The van der Waals surface area contributed by atoms with Gasteiger partial charge >= 0.3 is 12.0 Å². The number of hydrogen-bond donors (Lipinski definition) is 3. The third-order valence-electron chi connectivity index (χ3n) is 5.52. The fourth-order valence-electron chi connectivity index (χ4n) is 3.68. The van der Waals surface area contributed by atoms with E-state index in [0.29, 0.717) is 12.6 Å². The number of anilines is 1. The van der Waals surface area contributed by atoms with E-state index in [1.807, 2.05) is 0 Å². The Bertz CT molecular complexity index is 952. The number of piperidine rings is 1. The van der Waals surface area contributed by atoms with Crippen LogP contribution in [0.15, 0.2) is 18.2 Å². The van der Waals surface area contributed by atoms with Crippen molar-refractivity contribution in [3.8, 4) is 5.88 Å². The number of carbonyl (C=O) groups is 2. The van der Waals surface area contributed by atoms with Crippen molar-refractivity contribution in [2.24, 2.45) is 0 Å². The molecule has 1 unspecified atom stereocenters. The zero-order valence-electron chi connectivity index (χ0n) is 18.3. The highest BCUT2D eigenvalue weighted by Crippen LogP contribution is 2.31. The Hall–Kier alpha value is -2.72. The highest BCUT2D eigenvalue weighted by atomic mass is 32.1. The Balaban J connectivity index is 1.51. The second kappa shape index (κ2) is 11.2. The molecular weight excluding hydrogens is 435 g/mol. The summed E-state index contributed by atoms with van der Waals surface area (Å²) in [7, 11) is 0. The summed E-state index contributed by atoms with van der Waals surface area (Å²) < 4.78 is 23.4. The van der Waals surface area contributed by atoms with Gasteiger partial charge in [-0.1, -0.05) is 18.6 Å². The highest BCUT2D eigenvalue weighted by Gasteiger charge is 2.24. The van der Waals surface area contributed by atoms with Gasteiger partial charge in [-0.2, -0.15) is 4.37 Å². The Morgan fingerprint density at radius 2 is 2.19 bits per heavy atom. The number of carboxylic acid groups (broad SMARTS) is 1. The molecule has 0 spiro atoms. The van der Waals surface area contributed by atoms with Crippen molar-refractivity contribution in [2.45, 2.75) is 52.2 Å². The van der Waals surface area contributed by atoms with Crippen LogP contribution in [0.2, 0.25) is 0 Å². The SMILES string of the molecule is Cc1ccc(COc2nsc(NC(=O)NCCCN3CCCCC3C)c2C(=O)O)c(F)c1. The zero-order valence-corrected chi connectivity index (χ0v) is 19.1. The van der Waals surface area contributed by atoms with Crippen LogP contribution < -0.4 is 15.4 Å².